The molecule has 0 amide bonds. The standard InChI is InChI=1S/C24H24N4O2/c1-28-22-13-18(12-19-15-29-16-19)7-10-21(22)27-24(28)26-14-17-5-8-20(9-6-17)30-23-4-2-3-11-25-23/h2-11,13,19H,12,14-16H2,1H3,(H,26,27). The molecule has 0 unspecified atom stereocenters. The molecule has 30 heavy (non-hydrogen) atoms. The fourth-order valence-electron chi connectivity index (χ4n) is 3.64. The summed E-state index contributed by atoms with van der Waals surface area (Å²) in [5.74, 6) is 2.87. The van der Waals surface area contributed by atoms with Crippen molar-refractivity contribution in [3.8, 4) is 11.6 Å². The molecule has 2 aromatic heterocycles. The third kappa shape index (κ3) is 4.00. The Morgan fingerprint density at radius 1 is 1.07 bits per heavy atom. The van der Waals surface area contributed by atoms with Gasteiger partial charge in [-0.3, -0.25) is 0 Å². The monoisotopic (exact) mass is 400 g/mol. The Morgan fingerprint density at radius 3 is 2.63 bits per heavy atom. The number of fused-ring (bicyclic) bond motifs is 1. The first-order valence-electron chi connectivity index (χ1n) is 10.2. The molecule has 0 spiro atoms. The summed E-state index contributed by atoms with van der Waals surface area (Å²) in [7, 11) is 2.05. The van der Waals surface area contributed by atoms with Crippen LogP contribution in [0, 0.1) is 5.92 Å². The van der Waals surface area contributed by atoms with Gasteiger partial charge in [0.15, 0.2) is 0 Å². The summed E-state index contributed by atoms with van der Waals surface area (Å²) in [6.45, 7) is 2.44. The zero-order valence-electron chi connectivity index (χ0n) is 16.9. The van der Waals surface area contributed by atoms with Gasteiger partial charge in [-0.25, -0.2) is 9.97 Å². The molecular formula is C24H24N4O2. The van der Waals surface area contributed by atoms with E-state index in [0.29, 0.717) is 18.3 Å². The topological polar surface area (TPSA) is 61.2 Å². The van der Waals surface area contributed by atoms with E-state index in [1.165, 1.54) is 5.56 Å². The van der Waals surface area contributed by atoms with E-state index in [1.54, 1.807) is 6.20 Å². The molecule has 0 atom stereocenters. The van der Waals surface area contributed by atoms with Crippen LogP contribution >= 0.6 is 0 Å². The minimum absolute atomic E-state index is 0.590. The third-order valence-corrected chi connectivity index (χ3v) is 5.41. The van der Waals surface area contributed by atoms with E-state index in [4.69, 9.17) is 14.5 Å². The van der Waals surface area contributed by atoms with Gasteiger partial charge in [-0.05, 0) is 47.9 Å². The zero-order valence-corrected chi connectivity index (χ0v) is 16.9. The molecule has 6 heteroatoms. The molecule has 1 saturated heterocycles. The number of hydrogen-bond donors (Lipinski definition) is 1. The first-order chi connectivity index (χ1) is 14.7. The Balaban J connectivity index is 1.24. The van der Waals surface area contributed by atoms with E-state index in [1.807, 2.05) is 42.5 Å². The van der Waals surface area contributed by atoms with Crippen molar-refractivity contribution in [2.24, 2.45) is 13.0 Å². The van der Waals surface area contributed by atoms with E-state index in [0.717, 1.165) is 47.9 Å². The Kier molecular flexibility index (Phi) is 5.07. The summed E-state index contributed by atoms with van der Waals surface area (Å²) >= 11 is 0. The number of imidazole rings is 1. The molecule has 0 saturated carbocycles. The summed E-state index contributed by atoms with van der Waals surface area (Å²) in [6.07, 6.45) is 2.78. The number of aryl methyl sites for hydroxylation is 1. The molecule has 1 aliphatic heterocycles. The largest absolute Gasteiger partial charge is 0.439 e. The van der Waals surface area contributed by atoms with E-state index in [-0.39, 0.29) is 0 Å². The lowest BCUT2D eigenvalue weighted by Crippen LogP contribution is -2.29. The Morgan fingerprint density at radius 2 is 1.90 bits per heavy atom. The second-order valence-electron chi connectivity index (χ2n) is 7.69. The minimum Gasteiger partial charge on any atom is -0.439 e. The molecule has 1 N–H and O–H groups in total. The number of nitrogens with zero attached hydrogens (tertiary/aromatic N) is 3. The van der Waals surface area contributed by atoms with Crippen LogP contribution in [-0.2, 0) is 24.8 Å². The number of benzene rings is 2. The average molecular weight is 400 g/mol. The lowest BCUT2D eigenvalue weighted by atomic mass is 9.98. The summed E-state index contributed by atoms with van der Waals surface area (Å²) in [5, 5.41) is 3.45. The second-order valence-corrected chi connectivity index (χ2v) is 7.69. The van der Waals surface area contributed by atoms with Gasteiger partial charge in [-0.15, -0.1) is 0 Å². The summed E-state index contributed by atoms with van der Waals surface area (Å²) in [4.78, 5) is 8.93. The Bertz CT molecular complexity index is 1140. The molecule has 6 nitrogen and oxygen atoms in total. The van der Waals surface area contributed by atoms with Crippen molar-refractivity contribution in [1.29, 1.82) is 0 Å². The molecule has 3 heterocycles. The zero-order chi connectivity index (χ0) is 20.3. The smallest absolute Gasteiger partial charge is 0.219 e. The quantitative estimate of drug-likeness (QED) is 0.493. The van der Waals surface area contributed by atoms with E-state index >= 15 is 0 Å². The van der Waals surface area contributed by atoms with E-state index < -0.39 is 0 Å². The van der Waals surface area contributed by atoms with Gasteiger partial charge in [0.05, 0.1) is 24.2 Å². The van der Waals surface area contributed by atoms with E-state index in [2.05, 4.69) is 40.1 Å². The van der Waals surface area contributed by atoms with Crippen molar-refractivity contribution >= 4 is 17.0 Å². The molecule has 5 rings (SSSR count). The summed E-state index contributed by atoms with van der Waals surface area (Å²) < 4.78 is 13.2. The van der Waals surface area contributed by atoms with Crippen LogP contribution < -0.4 is 10.1 Å². The maximum atomic E-state index is 5.75. The molecule has 2 aromatic carbocycles. The van der Waals surface area contributed by atoms with Crippen molar-refractivity contribution in [3.63, 3.8) is 0 Å². The van der Waals surface area contributed by atoms with Crippen molar-refractivity contribution < 1.29 is 9.47 Å². The first-order valence-corrected chi connectivity index (χ1v) is 10.2. The van der Waals surface area contributed by atoms with E-state index in [9.17, 15) is 0 Å². The van der Waals surface area contributed by atoms with Crippen LogP contribution in [0.2, 0.25) is 0 Å². The normalized spacial score (nSPS) is 13.9. The van der Waals surface area contributed by atoms with Gasteiger partial charge in [-0.1, -0.05) is 24.3 Å². The number of aromatic nitrogens is 3. The number of rotatable bonds is 7. The summed E-state index contributed by atoms with van der Waals surface area (Å²) in [5.41, 5.74) is 4.65. The van der Waals surface area contributed by atoms with Crippen LogP contribution in [0.1, 0.15) is 11.1 Å². The maximum absolute atomic E-state index is 5.75. The second kappa shape index (κ2) is 8.16. The number of pyridine rings is 1. The van der Waals surface area contributed by atoms with Crippen LogP contribution in [0.5, 0.6) is 11.6 Å². The van der Waals surface area contributed by atoms with Crippen molar-refractivity contribution in [2.75, 3.05) is 18.5 Å². The van der Waals surface area contributed by atoms with Gasteiger partial charge < -0.3 is 19.4 Å². The van der Waals surface area contributed by atoms with Crippen LogP contribution in [0.15, 0.2) is 66.9 Å². The van der Waals surface area contributed by atoms with Crippen LogP contribution in [0.25, 0.3) is 11.0 Å². The van der Waals surface area contributed by atoms with Gasteiger partial charge in [0, 0.05) is 31.8 Å². The average Bonchev–Trinajstić information content (AvgIpc) is 3.06. The van der Waals surface area contributed by atoms with Gasteiger partial charge in [-0.2, -0.15) is 0 Å². The third-order valence-electron chi connectivity index (χ3n) is 5.41. The van der Waals surface area contributed by atoms with Gasteiger partial charge in [0.25, 0.3) is 0 Å². The SMILES string of the molecule is Cn1c(NCc2ccc(Oc3ccccn3)cc2)nc2ccc(CC3COC3)cc21. The van der Waals surface area contributed by atoms with Crippen molar-refractivity contribution in [1.82, 2.24) is 14.5 Å². The number of hydrogen-bond acceptors (Lipinski definition) is 5. The predicted molar refractivity (Wildman–Crippen MR) is 117 cm³/mol. The highest BCUT2D eigenvalue weighted by Crippen LogP contribution is 2.24. The number of ether oxygens (including phenoxy) is 2. The fourth-order valence-corrected chi connectivity index (χ4v) is 3.64. The highest BCUT2D eigenvalue weighted by atomic mass is 16.5. The van der Waals surface area contributed by atoms with Gasteiger partial charge in [0.1, 0.15) is 5.75 Å². The highest BCUT2D eigenvalue weighted by Gasteiger charge is 2.19. The molecule has 4 aromatic rings. The molecule has 152 valence electrons. The molecule has 0 radical (unpaired) electrons. The maximum Gasteiger partial charge on any atom is 0.219 e. The minimum atomic E-state index is 0.590. The molecule has 1 aliphatic rings. The van der Waals surface area contributed by atoms with Gasteiger partial charge >= 0.3 is 0 Å². The lowest BCUT2D eigenvalue weighted by molar-refractivity contribution is -0.0312. The number of anilines is 1. The Labute approximate surface area is 175 Å². The van der Waals surface area contributed by atoms with Crippen molar-refractivity contribution in [2.45, 2.75) is 13.0 Å². The fraction of sp³-hybridized carbons (Fsp3) is 0.250. The first kappa shape index (κ1) is 18.6. The summed E-state index contributed by atoms with van der Waals surface area (Å²) in [6, 6.07) is 20.2. The van der Waals surface area contributed by atoms with Crippen LogP contribution in [0.4, 0.5) is 5.95 Å². The van der Waals surface area contributed by atoms with Crippen LogP contribution in [-0.4, -0.2) is 27.7 Å². The predicted octanol–water partition coefficient (Wildman–Crippen LogP) is 4.56. The highest BCUT2D eigenvalue weighted by molar-refractivity contribution is 5.79. The van der Waals surface area contributed by atoms with Gasteiger partial charge in [0.2, 0.25) is 11.8 Å². The Hall–Kier alpha value is -3.38. The molecule has 0 aliphatic carbocycles. The van der Waals surface area contributed by atoms with Crippen LogP contribution in [0.3, 0.4) is 0 Å². The molecule has 1 fully saturated rings. The molecule has 0 bridgehead atoms. The molecular weight excluding hydrogens is 376 g/mol. The number of nitrogens with one attached hydrogen (secondary N) is 1. The lowest BCUT2D eigenvalue weighted by Gasteiger charge is -2.25. The van der Waals surface area contributed by atoms with Crippen molar-refractivity contribution in [3.05, 3.63) is 78.0 Å².